The van der Waals surface area contributed by atoms with E-state index in [9.17, 15) is 9.59 Å². The molecule has 0 heterocycles. The van der Waals surface area contributed by atoms with Crippen molar-refractivity contribution in [3.8, 4) is 0 Å². The van der Waals surface area contributed by atoms with E-state index in [1.807, 2.05) is 75.4 Å². The van der Waals surface area contributed by atoms with E-state index in [0.29, 0.717) is 41.0 Å². The van der Waals surface area contributed by atoms with Crippen LogP contribution in [0.1, 0.15) is 36.1 Å². The van der Waals surface area contributed by atoms with Crippen molar-refractivity contribution in [2.75, 3.05) is 6.54 Å². The molecule has 0 saturated heterocycles. The fraction of sp³-hybridized carbons (Fsp3) is 0.310. The van der Waals surface area contributed by atoms with Gasteiger partial charge in [-0.3, -0.25) is 9.59 Å². The maximum absolute atomic E-state index is 13.8. The lowest BCUT2D eigenvalue weighted by Gasteiger charge is -2.32. The molecule has 1 N–H and O–H groups in total. The van der Waals surface area contributed by atoms with Gasteiger partial charge in [0.15, 0.2) is 0 Å². The molecule has 3 aromatic rings. The molecule has 0 aliphatic carbocycles. The molecule has 4 nitrogen and oxygen atoms in total. The Morgan fingerprint density at radius 2 is 1.63 bits per heavy atom. The molecule has 0 radical (unpaired) electrons. The van der Waals surface area contributed by atoms with Gasteiger partial charge >= 0.3 is 0 Å². The topological polar surface area (TPSA) is 49.4 Å². The number of carbonyl (C=O) groups is 2. The van der Waals surface area contributed by atoms with Crippen molar-refractivity contribution < 1.29 is 9.59 Å². The van der Waals surface area contributed by atoms with E-state index in [4.69, 9.17) is 23.2 Å². The van der Waals surface area contributed by atoms with E-state index in [-0.39, 0.29) is 18.2 Å². The number of nitrogens with one attached hydrogen (secondary N) is 1. The summed E-state index contributed by atoms with van der Waals surface area (Å²) in [4.78, 5) is 28.9. The van der Waals surface area contributed by atoms with Gasteiger partial charge in [0.05, 0.1) is 6.42 Å². The molecule has 1 atom stereocenters. The molecule has 0 saturated carbocycles. The zero-order chi connectivity index (χ0) is 25.4. The summed E-state index contributed by atoms with van der Waals surface area (Å²) >= 11 is 12.4. The van der Waals surface area contributed by atoms with Crippen LogP contribution in [0, 0.1) is 12.8 Å². The summed E-state index contributed by atoms with van der Waals surface area (Å²) in [5.41, 5.74) is 3.73. The Kier molecular flexibility index (Phi) is 9.76. The van der Waals surface area contributed by atoms with Crippen LogP contribution in [-0.2, 0) is 29.0 Å². The van der Waals surface area contributed by atoms with Crippen LogP contribution >= 0.6 is 23.2 Å². The minimum absolute atomic E-state index is 0.0740. The van der Waals surface area contributed by atoms with Crippen LogP contribution in [0.4, 0.5) is 0 Å². The van der Waals surface area contributed by atoms with Crippen LogP contribution in [0.3, 0.4) is 0 Å². The van der Waals surface area contributed by atoms with Gasteiger partial charge in [-0.1, -0.05) is 103 Å². The van der Waals surface area contributed by atoms with E-state index in [1.165, 1.54) is 0 Å². The van der Waals surface area contributed by atoms with E-state index in [2.05, 4.69) is 5.32 Å². The summed E-state index contributed by atoms with van der Waals surface area (Å²) < 4.78 is 0. The number of benzene rings is 3. The molecule has 0 spiro atoms. The third-order valence-electron chi connectivity index (χ3n) is 5.75. The fourth-order valence-electron chi connectivity index (χ4n) is 3.91. The molecule has 0 aromatic heterocycles. The zero-order valence-electron chi connectivity index (χ0n) is 20.4. The molecule has 35 heavy (non-hydrogen) atoms. The van der Waals surface area contributed by atoms with Gasteiger partial charge in [-0.15, -0.1) is 0 Å². The average molecular weight is 511 g/mol. The second-order valence-electron chi connectivity index (χ2n) is 9.27. The fourth-order valence-corrected chi connectivity index (χ4v) is 4.39. The molecule has 0 aliphatic heterocycles. The number of hydrogen-bond donors (Lipinski definition) is 1. The van der Waals surface area contributed by atoms with Crippen molar-refractivity contribution in [2.24, 2.45) is 5.92 Å². The lowest BCUT2D eigenvalue weighted by molar-refractivity contribution is -0.140. The number of carbonyl (C=O) groups excluding carboxylic acids is 2. The second-order valence-corrected chi connectivity index (χ2v) is 10.1. The molecule has 0 bridgehead atoms. The number of hydrogen-bond acceptors (Lipinski definition) is 2. The summed E-state index contributed by atoms with van der Waals surface area (Å²) in [6, 6.07) is 22.2. The van der Waals surface area contributed by atoms with Gasteiger partial charge < -0.3 is 10.2 Å². The number of amides is 2. The zero-order valence-corrected chi connectivity index (χ0v) is 21.9. The highest BCUT2D eigenvalue weighted by Crippen LogP contribution is 2.23. The highest BCUT2D eigenvalue weighted by atomic mass is 35.5. The summed E-state index contributed by atoms with van der Waals surface area (Å²) in [6.45, 7) is 6.97. The van der Waals surface area contributed by atoms with Crippen LogP contribution in [0.25, 0.3) is 0 Å². The van der Waals surface area contributed by atoms with E-state index in [0.717, 1.165) is 16.7 Å². The van der Waals surface area contributed by atoms with Crippen LogP contribution in [0.15, 0.2) is 72.8 Å². The SMILES string of the molecule is Cc1cccc(CN(C(=O)Cc2ccc(Cl)cc2Cl)[C@H](Cc2ccccc2)C(=O)NCC(C)C)c1. The first kappa shape index (κ1) is 26.8. The summed E-state index contributed by atoms with van der Waals surface area (Å²) in [7, 11) is 0. The third-order valence-corrected chi connectivity index (χ3v) is 6.33. The standard InChI is InChI=1S/C29H32Cl2N2O2/c1-20(2)18-32-29(35)27(15-22-9-5-4-6-10-22)33(19-23-11-7-8-21(3)14-23)28(34)16-24-12-13-25(30)17-26(24)31/h4-14,17,20,27H,15-16,18-19H2,1-3H3,(H,32,35)/t27-/m1/s1. The first-order valence-corrected chi connectivity index (χ1v) is 12.6. The van der Waals surface area contributed by atoms with Gasteiger partial charge in [-0.25, -0.2) is 0 Å². The maximum Gasteiger partial charge on any atom is 0.243 e. The van der Waals surface area contributed by atoms with Crippen molar-refractivity contribution in [2.45, 2.75) is 46.2 Å². The average Bonchev–Trinajstić information content (AvgIpc) is 2.82. The highest BCUT2D eigenvalue weighted by Gasteiger charge is 2.30. The largest absolute Gasteiger partial charge is 0.354 e. The lowest BCUT2D eigenvalue weighted by atomic mass is 10.0. The number of halogens is 2. The summed E-state index contributed by atoms with van der Waals surface area (Å²) in [5.74, 6) is -0.0350. The Balaban J connectivity index is 1.97. The summed E-state index contributed by atoms with van der Waals surface area (Å²) in [6.07, 6.45) is 0.487. The molecule has 3 rings (SSSR count). The predicted octanol–water partition coefficient (Wildman–Crippen LogP) is 6.26. The first-order chi connectivity index (χ1) is 16.7. The molecule has 0 unspecified atom stereocenters. The maximum atomic E-state index is 13.8. The Morgan fingerprint density at radius 1 is 0.914 bits per heavy atom. The highest BCUT2D eigenvalue weighted by molar-refractivity contribution is 6.35. The van der Waals surface area contributed by atoms with Crippen LogP contribution in [0.2, 0.25) is 10.0 Å². The van der Waals surface area contributed by atoms with Crippen molar-refractivity contribution in [1.82, 2.24) is 10.2 Å². The van der Waals surface area contributed by atoms with Crippen molar-refractivity contribution in [1.29, 1.82) is 0 Å². The van der Waals surface area contributed by atoms with Gasteiger partial charge in [0.25, 0.3) is 0 Å². The number of aryl methyl sites for hydroxylation is 1. The van der Waals surface area contributed by atoms with E-state index < -0.39 is 6.04 Å². The molecule has 3 aromatic carbocycles. The number of nitrogens with zero attached hydrogens (tertiary/aromatic N) is 1. The first-order valence-electron chi connectivity index (χ1n) is 11.8. The Labute approximate surface area is 218 Å². The lowest BCUT2D eigenvalue weighted by Crippen LogP contribution is -2.51. The number of rotatable bonds is 10. The Hall–Kier alpha value is -2.82. The van der Waals surface area contributed by atoms with Crippen molar-refractivity contribution in [3.05, 3.63) is 105 Å². The molecule has 0 fully saturated rings. The molecular weight excluding hydrogens is 479 g/mol. The molecular formula is C29H32Cl2N2O2. The molecule has 2 amide bonds. The third kappa shape index (κ3) is 8.12. The monoisotopic (exact) mass is 510 g/mol. The van der Waals surface area contributed by atoms with Gasteiger partial charge in [0.1, 0.15) is 6.04 Å². The molecule has 6 heteroatoms. The van der Waals surface area contributed by atoms with Gasteiger partial charge in [0.2, 0.25) is 11.8 Å². The van der Waals surface area contributed by atoms with E-state index >= 15 is 0 Å². The van der Waals surface area contributed by atoms with Crippen LogP contribution < -0.4 is 5.32 Å². The van der Waals surface area contributed by atoms with Crippen molar-refractivity contribution >= 4 is 35.0 Å². The Bertz CT molecular complexity index is 1150. The van der Waals surface area contributed by atoms with Gasteiger partial charge in [-0.2, -0.15) is 0 Å². The molecule has 0 aliphatic rings. The van der Waals surface area contributed by atoms with Crippen LogP contribution in [-0.4, -0.2) is 29.3 Å². The van der Waals surface area contributed by atoms with Crippen molar-refractivity contribution in [3.63, 3.8) is 0 Å². The van der Waals surface area contributed by atoms with Crippen LogP contribution in [0.5, 0.6) is 0 Å². The second kappa shape index (κ2) is 12.8. The smallest absolute Gasteiger partial charge is 0.243 e. The molecule has 184 valence electrons. The predicted molar refractivity (Wildman–Crippen MR) is 144 cm³/mol. The van der Waals surface area contributed by atoms with Gasteiger partial charge in [0, 0.05) is 29.6 Å². The minimum Gasteiger partial charge on any atom is -0.354 e. The minimum atomic E-state index is -0.671. The normalized spacial score (nSPS) is 11.8. The van der Waals surface area contributed by atoms with Gasteiger partial charge in [-0.05, 0) is 41.7 Å². The summed E-state index contributed by atoms with van der Waals surface area (Å²) in [5, 5.41) is 3.99. The quantitative estimate of drug-likeness (QED) is 0.350. The Morgan fingerprint density at radius 3 is 2.29 bits per heavy atom. The van der Waals surface area contributed by atoms with E-state index in [1.54, 1.807) is 23.1 Å².